The second-order valence-corrected chi connectivity index (χ2v) is 8.76. The lowest BCUT2D eigenvalue weighted by Crippen LogP contribution is -2.24. The molecule has 3 rings (SSSR count). The standard InChI is InChI=1S/C25H39/c1-2-3-4-5-7-10-21-13-15-23(16-14-21)25-19-17-24(18-20-25)22-11-8-6-9-12-22/h6,8-9,11-12,21,24-25H,2-5,7,10,13-20H2,1H3/t24-,25-. The molecule has 2 fully saturated rings. The van der Waals surface area contributed by atoms with Crippen molar-refractivity contribution in [2.45, 2.75) is 103 Å². The molecular formula is C25H39. The molecule has 1 radical (unpaired) electrons. The van der Waals surface area contributed by atoms with E-state index in [0.29, 0.717) is 0 Å². The summed E-state index contributed by atoms with van der Waals surface area (Å²) in [5.41, 5.74) is 1.58. The third-order valence-electron chi connectivity index (χ3n) is 7.04. The van der Waals surface area contributed by atoms with Crippen LogP contribution < -0.4 is 0 Å². The van der Waals surface area contributed by atoms with Crippen molar-refractivity contribution in [1.82, 2.24) is 0 Å². The highest BCUT2D eigenvalue weighted by Gasteiger charge is 2.31. The van der Waals surface area contributed by atoms with E-state index in [1.807, 2.05) is 5.92 Å². The molecule has 0 bridgehead atoms. The zero-order chi connectivity index (χ0) is 17.3. The first-order valence-electron chi connectivity index (χ1n) is 11.3. The number of rotatable bonds is 8. The van der Waals surface area contributed by atoms with Gasteiger partial charge in [-0.25, -0.2) is 0 Å². The Hall–Kier alpha value is -0.780. The number of hydrogen-bond acceptors (Lipinski definition) is 0. The highest BCUT2D eigenvalue weighted by Crippen LogP contribution is 2.45. The molecule has 1 aromatic carbocycles. The van der Waals surface area contributed by atoms with Crippen molar-refractivity contribution in [3.05, 3.63) is 41.8 Å². The zero-order valence-electron chi connectivity index (χ0n) is 16.5. The summed E-state index contributed by atoms with van der Waals surface area (Å²) in [5.74, 6) is 4.79. The summed E-state index contributed by atoms with van der Waals surface area (Å²) < 4.78 is 0. The Morgan fingerprint density at radius 3 is 2.04 bits per heavy atom. The smallest absolute Gasteiger partial charge is 0.0162 e. The van der Waals surface area contributed by atoms with Crippen LogP contribution in [-0.2, 0) is 0 Å². The van der Waals surface area contributed by atoms with E-state index in [1.165, 1.54) is 89.9 Å². The van der Waals surface area contributed by atoms with E-state index >= 15 is 0 Å². The predicted octanol–water partition coefficient (Wildman–Crippen LogP) is 8.09. The fraction of sp³-hybridized carbons (Fsp3) is 0.720. The molecule has 0 amide bonds. The third kappa shape index (κ3) is 5.87. The Morgan fingerprint density at radius 2 is 1.36 bits per heavy atom. The van der Waals surface area contributed by atoms with Crippen molar-refractivity contribution in [2.75, 3.05) is 0 Å². The van der Waals surface area contributed by atoms with Gasteiger partial charge in [-0.1, -0.05) is 75.8 Å². The van der Waals surface area contributed by atoms with Gasteiger partial charge in [0.1, 0.15) is 0 Å². The minimum Gasteiger partial charge on any atom is -0.0654 e. The van der Waals surface area contributed by atoms with Crippen LogP contribution in [0.2, 0.25) is 0 Å². The first-order chi connectivity index (χ1) is 12.4. The van der Waals surface area contributed by atoms with Crippen molar-refractivity contribution in [2.24, 2.45) is 11.8 Å². The van der Waals surface area contributed by atoms with Gasteiger partial charge in [-0.3, -0.25) is 0 Å². The molecule has 2 aliphatic carbocycles. The average molecular weight is 340 g/mol. The molecular weight excluding hydrogens is 300 g/mol. The van der Waals surface area contributed by atoms with Crippen molar-refractivity contribution >= 4 is 0 Å². The van der Waals surface area contributed by atoms with Gasteiger partial charge in [0, 0.05) is 0 Å². The van der Waals surface area contributed by atoms with Crippen LogP contribution in [0.3, 0.4) is 0 Å². The Balaban J connectivity index is 1.33. The van der Waals surface area contributed by atoms with Gasteiger partial charge in [0.25, 0.3) is 0 Å². The number of unbranched alkanes of at least 4 members (excludes halogenated alkanes) is 4. The van der Waals surface area contributed by atoms with Gasteiger partial charge in [0.15, 0.2) is 0 Å². The number of benzene rings is 1. The van der Waals surface area contributed by atoms with Gasteiger partial charge in [-0.15, -0.1) is 0 Å². The minimum absolute atomic E-state index is 0.831. The fourth-order valence-corrected chi connectivity index (χ4v) is 5.34. The van der Waals surface area contributed by atoms with E-state index in [0.717, 1.165) is 17.8 Å². The second kappa shape index (κ2) is 10.4. The van der Waals surface area contributed by atoms with Crippen LogP contribution in [0.4, 0.5) is 0 Å². The molecule has 0 nitrogen and oxygen atoms in total. The SMILES string of the molecule is CCCCCCCC1CC[C]([C@H]2CC[C@H](c3ccccc3)CC2)CC1. The van der Waals surface area contributed by atoms with E-state index in [2.05, 4.69) is 37.3 Å². The van der Waals surface area contributed by atoms with Crippen LogP contribution in [0.1, 0.15) is 108 Å². The maximum atomic E-state index is 2.34. The normalized spacial score (nSPS) is 26.0. The predicted molar refractivity (Wildman–Crippen MR) is 110 cm³/mol. The van der Waals surface area contributed by atoms with Crippen molar-refractivity contribution < 1.29 is 0 Å². The molecule has 1 aromatic rings. The summed E-state index contributed by atoms with van der Waals surface area (Å²) in [7, 11) is 0. The Kier molecular flexibility index (Phi) is 7.89. The zero-order valence-corrected chi connectivity index (χ0v) is 16.5. The molecule has 25 heavy (non-hydrogen) atoms. The molecule has 0 N–H and O–H groups in total. The van der Waals surface area contributed by atoms with Gasteiger partial charge >= 0.3 is 0 Å². The second-order valence-electron chi connectivity index (χ2n) is 8.76. The molecule has 0 heteroatoms. The molecule has 139 valence electrons. The average Bonchev–Trinajstić information content (AvgIpc) is 2.69. The van der Waals surface area contributed by atoms with E-state index < -0.39 is 0 Å². The summed E-state index contributed by atoms with van der Waals surface area (Å²) in [6.07, 6.45) is 20.4. The molecule has 0 atom stereocenters. The lowest BCUT2D eigenvalue weighted by molar-refractivity contribution is 0.263. The van der Waals surface area contributed by atoms with E-state index in [1.54, 1.807) is 5.56 Å². The van der Waals surface area contributed by atoms with Gasteiger partial charge in [-0.2, -0.15) is 0 Å². The maximum Gasteiger partial charge on any atom is -0.0162 e. The number of hydrogen-bond donors (Lipinski definition) is 0. The van der Waals surface area contributed by atoms with E-state index in [-0.39, 0.29) is 0 Å². The van der Waals surface area contributed by atoms with Crippen LogP contribution in [0.25, 0.3) is 0 Å². The Morgan fingerprint density at radius 1 is 0.720 bits per heavy atom. The summed E-state index contributed by atoms with van der Waals surface area (Å²) in [6, 6.07) is 11.2. The van der Waals surface area contributed by atoms with Crippen LogP contribution in [-0.4, -0.2) is 0 Å². The van der Waals surface area contributed by atoms with Gasteiger partial charge < -0.3 is 0 Å². The van der Waals surface area contributed by atoms with Crippen molar-refractivity contribution in [1.29, 1.82) is 0 Å². The van der Waals surface area contributed by atoms with Gasteiger partial charge in [0.05, 0.1) is 0 Å². The van der Waals surface area contributed by atoms with Crippen LogP contribution in [0.15, 0.2) is 30.3 Å². The van der Waals surface area contributed by atoms with Crippen LogP contribution in [0, 0.1) is 17.8 Å². The quantitative estimate of drug-likeness (QED) is 0.420. The Labute approximate surface area is 156 Å². The molecule has 0 aliphatic heterocycles. The monoisotopic (exact) mass is 339 g/mol. The molecule has 0 heterocycles. The highest BCUT2D eigenvalue weighted by molar-refractivity contribution is 5.20. The fourth-order valence-electron chi connectivity index (χ4n) is 5.34. The Bertz CT molecular complexity index is 446. The lowest BCUT2D eigenvalue weighted by atomic mass is 9.68. The molecule has 0 saturated heterocycles. The van der Waals surface area contributed by atoms with Crippen molar-refractivity contribution in [3.8, 4) is 0 Å². The molecule has 0 unspecified atom stereocenters. The summed E-state index contributed by atoms with van der Waals surface area (Å²) in [4.78, 5) is 0. The molecule has 2 saturated carbocycles. The van der Waals surface area contributed by atoms with Gasteiger partial charge in [0.2, 0.25) is 0 Å². The first kappa shape index (κ1) is 19.0. The third-order valence-corrected chi connectivity index (χ3v) is 7.04. The largest absolute Gasteiger partial charge is 0.0654 e. The lowest BCUT2D eigenvalue weighted by Gasteiger charge is -2.37. The van der Waals surface area contributed by atoms with E-state index in [9.17, 15) is 0 Å². The molecule has 0 aromatic heterocycles. The summed E-state index contributed by atoms with van der Waals surface area (Å²) in [5, 5.41) is 0. The molecule has 2 aliphatic rings. The highest BCUT2D eigenvalue weighted by atomic mass is 14.4. The molecule has 0 spiro atoms. The van der Waals surface area contributed by atoms with Gasteiger partial charge in [-0.05, 0) is 80.6 Å². The minimum atomic E-state index is 0.831. The van der Waals surface area contributed by atoms with Crippen LogP contribution in [0.5, 0.6) is 0 Å². The van der Waals surface area contributed by atoms with Crippen molar-refractivity contribution in [3.63, 3.8) is 0 Å². The first-order valence-corrected chi connectivity index (χ1v) is 11.3. The summed E-state index contributed by atoms with van der Waals surface area (Å²) in [6.45, 7) is 2.31. The topological polar surface area (TPSA) is 0 Å². The van der Waals surface area contributed by atoms with Crippen LogP contribution >= 0.6 is 0 Å². The maximum absolute atomic E-state index is 2.34. The summed E-state index contributed by atoms with van der Waals surface area (Å²) >= 11 is 0. The van der Waals surface area contributed by atoms with E-state index in [4.69, 9.17) is 0 Å².